The molecule has 0 radical (unpaired) electrons. The Morgan fingerprint density at radius 2 is 1.79 bits per heavy atom. The van der Waals surface area contributed by atoms with E-state index >= 15 is 0 Å². The van der Waals surface area contributed by atoms with Gasteiger partial charge in [-0.15, -0.1) is 0 Å². The summed E-state index contributed by atoms with van der Waals surface area (Å²) in [7, 11) is 0. The van der Waals surface area contributed by atoms with Crippen molar-refractivity contribution in [1.29, 1.82) is 0 Å². The molecule has 29 heavy (non-hydrogen) atoms. The summed E-state index contributed by atoms with van der Waals surface area (Å²) in [5.74, 6) is 3.08. The number of ether oxygens (including phenoxy) is 1. The first-order valence-corrected chi connectivity index (χ1v) is 12.3. The maximum Gasteiger partial charge on any atom is 0.165 e. The van der Waals surface area contributed by atoms with Crippen LogP contribution in [-0.4, -0.2) is 6.61 Å². The molecule has 162 valence electrons. The van der Waals surface area contributed by atoms with Gasteiger partial charge in [0.05, 0.1) is 6.61 Å². The van der Waals surface area contributed by atoms with Crippen LogP contribution >= 0.6 is 0 Å². The quantitative estimate of drug-likeness (QED) is 0.284. The molecule has 0 saturated heterocycles. The van der Waals surface area contributed by atoms with Crippen molar-refractivity contribution in [2.24, 2.45) is 17.8 Å². The fraction of sp³-hybridized carbons (Fsp3) is 0.704. The van der Waals surface area contributed by atoms with Crippen LogP contribution in [0.25, 0.3) is 0 Å². The molecule has 1 unspecified atom stereocenters. The van der Waals surface area contributed by atoms with Crippen molar-refractivity contribution < 1.29 is 9.13 Å². The summed E-state index contributed by atoms with van der Waals surface area (Å²) >= 11 is 0. The molecule has 2 aliphatic rings. The number of hydrogen-bond donors (Lipinski definition) is 0. The number of rotatable bonds is 10. The number of halogens is 1. The largest absolute Gasteiger partial charge is 0.491 e. The standard InChI is InChI=1S/C27H41FO/c1-3-5-19-29-27-18-13-23(20-26(27)28)8-7-22-11-16-25(17-12-22)24-14-9-21(6-4-2)10-15-24/h11,13,18,20-21,24-25H,3-10,12,14-17,19H2,1-2H3. The maximum absolute atomic E-state index is 14.2. The lowest BCUT2D eigenvalue weighted by Gasteiger charge is -2.35. The molecule has 0 bridgehead atoms. The van der Waals surface area contributed by atoms with Crippen LogP contribution in [0.2, 0.25) is 0 Å². The van der Waals surface area contributed by atoms with E-state index in [-0.39, 0.29) is 5.82 Å². The molecule has 2 heteroatoms. The van der Waals surface area contributed by atoms with E-state index in [0.717, 1.165) is 49.0 Å². The zero-order chi connectivity index (χ0) is 20.5. The van der Waals surface area contributed by atoms with Gasteiger partial charge in [-0.1, -0.05) is 63.7 Å². The van der Waals surface area contributed by atoms with E-state index < -0.39 is 0 Å². The van der Waals surface area contributed by atoms with Crippen LogP contribution < -0.4 is 4.74 Å². The van der Waals surface area contributed by atoms with E-state index in [9.17, 15) is 4.39 Å². The Labute approximate surface area is 178 Å². The predicted octanol–water partition coefficient (Wildman–Crippen LogP) is 8.27. The highest BCUT2D eigenvalue weighted by atomic mass is 19.1. The average molecular weight is 401 g/mol. The van der Waals surface area contributed by atoms with Gasteiger partial charge in [0, 0.05) is 0 Å². The van der Waals surface area contributed by atoms with Crippen molar-refractivity contribution in [3.8, 4) is 5.75 Å². The average Bonchev–Trinajstić information content (AvgIpc) is 2.75. The number of aryl methyl sites for hydroxylation is 1. The fourth-order valence-electron chi connectivity index (χ4n) is 5.37. The van der Waals surface area contributed by atoms with Crippen molar-refractivity contribution >= 4 is 0 Å². The summed E-state index contributed by atoms with van der Waals surface area (Å²) in [4.78, 5) is 0. The first-order valence-electron chi connectivity index (χ1n) is 12.3. The van der Waals surface area contributed by atoms with Gasteiger partial charge in [-0.3, -0.25) is 0 Å². The SMILES string of the molecule is CCCCOc1ccc(CCC2=CCC(C3CCC(CCC)CC3)CC2)cc1F. The summed E-state index contributed by atoms with van der Waals surface area (Å²) in [6.45, 7) is 5.04. The van der Waals surface area contributed by atoms with E-state index in [1.807, 2.05) is 6.07 Å². The minimum absolute atomic E-state index is 0.213. The van der Waals surface area contributed by atoms with Crippen molar-refractivity contribution in [2.75, 3.05) is 6.61 Å². The second-order valence-corrected chi connectivity index (χ2v) is 9.43. The van der Waals surface area contributed by atoms with Gasteiger partial charge in [-0.05, 0) is 86.8 Å². The first kappa shape index (κ1) is 22.4. The van der Waals surface area contributed by atoms with E-state index in [1.54, 1.807) is 17.7 Å². The zero-order valence-corrected chi connectivity index (χ0v) is 18.7. The molecule has 0 aromatic heterocycles. The molecule has 3 rings (SSSR count). The molecule has 2 aliphatic carbocycles. The third-order valence-electron chi connectivity index (χ3n) is 7.29. The second-order valence-electron chi connectivity index (χ2n) is 9.43. The topological polar surface area (TPSA) is 9.23 Å². The van der Waals surface area contributed by atoms with Crippen LogP contribution in [-0.2, 0) is 6.42 Å². The molecule has 1 atom stereocenters. The molecule has 0 N–H and O–H groups in total. The summed E-state index contributed by atoms with van der Waals surface area (Å²) in [5, 5.41) is 0. The summed E-state index contributed by atoms with van der Waals surface area (Å²) < 4.78 is 19.8. The Kier molecular flexibility index (Phi) is 9.08. The predicted molar refractivity (Wildman–Crippen MR) is 121 cm³/mol. The Bertz CT molecular complexity index is 642. The third kappa shape index (κ3) is 6.86. The molecule has 0 heterocycles. The van der Waals surface area contributed by atoms with Crippen LogP contribution in [0.3, 0.4) is 0 Å². The summed E-state index contributed by atoms with van der Waals surface area (Å²) in [6, 6.07) is 5.51. The van der Waals surface area contributed by atoms with Crippen LogP contribution in [0.1, 0.15) is 96.5 Å². The van der Waals surface area contributed by atoms with Crippen LogP contribution in [0, 0.1) is 23.6 Å². The molecule has 1 saturated carbocycles. The first-order chi connectivity index (χ1) is 14.2. The fourth-order valence-corrected chi connectivity index (χ4v) is 5.37. The molecule has 0 aliphatic heterocycles. The minimum Gasteiger partial charge on any atom is -0.491 e. The Hall–Kier alpha value is -1.31. The zero-order valence-electron chi connectivity index (χ0n) is 18.7. The second kappa shape index (κ2) is 11.8. The Morgan fingerprint density at radius 3 is 2.45 bits per heavy atom. The van der Waals surface area contributed by atoms with Gasteiger partial charge in [-0.2, -0.15) is 0 Å². The van der Waals surface area contributed by atoms with Gasteiger partial charge in [0.1, 0.15) is 0 Å². The Balaban J connectivity index is 1.41. The summed E-state index contributed by atoms with van der Waals surface area (Å²) in [5.41, 5.74) is 2.67. The molecule has 1 aromatic carbocycles. The highest BCUT2D eigenvalue weighted by Gasteiger charge is 2.28. The van der Waals surface area contributed by atoms with Gasteiger partial charge in [0.15, 0.2) is 11.6 Å². The highest BCUT2D eigenvalue weighted by Crippen LogP contribution is 2.41. The highest BCUT2D eigenvalue weighted by molar-refractivity contribution is 5.30. The van der Waals surface area contributed by atoms with Crippen LogP contribution in [0.5, 0.6) is 5.75 Å². The monoisotopic (exact) mass is 400 g/mol. The molecule has 0 spiro atoms. The summed E-state index contributed by atoms with van der Waals surface area (Å²) in [6.07, 6.45) is 19.1. The minimum atomic E-state index is -0.213. The van der Waals surface area contributed by atoms with Gasteiger partial charge in [0.2, 0.25) is 0 Å². The van der Waals surface area contributed by atoms with Gasteiger partial charge in [0.25, 0.3) is 0 Å². The Morgan fingerprint density at radius 1 is 0.966 bits per heavy atom. The number of benzene rings is 1. The van der Waals surface area contributed by atoms with Crippen molar-refractivity contribution in [1.82, 2.24) is 0 Å². The van der Waals surface area contributed by atoms with E-state index in [1.165, 1.54) is 57.8 Å². The number of allylic oxidation sites excluding steroid dienone is 2. The molecular formula is C27H41FO. The molecular weight excluding hydrogens is 359 g/mol. The van der Waals surface area contributed by atoms with Crippen LogP contribution in [0.15, 0.2) is 29.8 Å². The van der Waals surface area contributed by atoms with E-state index in [2.05, 4.69) is 19.9 Å². The molecule has 1 fully saturated rings. The lowest BCUT2D eigenvalue weighted by Crippen LogP contribution is -2.23. The van der Waals surface area contributed by atoms with Crippen LogP contribution in [0.4, 0.5) is 4.39 Å². The lowest BCUT2D eigenvalue weighted by molar-refractivity contribution is 0.186. The smallest absolute Gasteiger partial charge is 0.165 e. The number of unbranched alkanes of at least 4 members (excludes halogenated alkanes) is 1. The maximum atomic E-state index is 14.2. The van der Waals surface area contributed by atoms with Gasteiger partial charge in [-0.25, -0.2) is 4.39 Å². The number of hydrogen-bond acceptors (Lipinski definition) is 1. The van der Waals surface area contributed by atoms with E-state index in [4.69, 9.17) is 4.74 Å². The van der Waals surface area contributed by atoms with E-state index in [0.29, 0.717) is 12.4 Å². The third-order valence-corrected chi connectivity index (χ3v) is 7.29. The van der Waals surface area contributed by atoms with Gasteiger partial charge < -0.3 is 4.74 Å². The van der Waals surface area contributed by atoms with Crippen molar-refractivity contribution in [3.05, 3.63) is 41.2 Å². The van der Waals surface area contributed by atoms with Gasteiger partial charge >= 0.3 is 0 Å². The molecule has 1 nitrogen and oxygen atoms in total. The molecule has 0 amide bonds. The van der Waals surface area contributed by atoms with Crippen molar-refractivity contribution in [3.63, 3.8) is 0 Å². The normalized spacial score (nSPS) is 24.9. The molecule has 1 aromatic rings. The lowest BCUT2D eigenvalue weighted by atomic mass is 9.70. The van der Waals surface area contributed by atoms with Crippen molar-refractivity contribution in [2.45, 2.75) is 97.3 Å².